The number of hydrogen-bond donors (Lipinski definition) is 1. The van der Waals surface area contributed by atoms with E-state index in [-0.39, 0.29) is 42.2 Å². The van der Waals surface area contributed by atoms with E-state index < -0.39 is 0 Å². The van der Waals surface area contributed by atoms with E-state index in [0.29, 0.717) is 31.0 Å². The summed E-state index contributed by atoms with van der Waals surface area (Å²) in [6, 6.07) is 7.17. The van der Waals surface area contributed by atoms with Crippen LogP contribution in [0.15, 0.2) is 30.0 Å². The van der Waals surface area contributed by atoms with Crippen LogP contribution in [-0.4, -0.2) is 65.8 Å². The molecule has 1 saturated carbocycles. The summed E-state index contributed by atoms with van der Waals surface area (Å²) in [5.41, 5.74) is 0.788. The van der Waals surface area contributed by atoms with E-state index in [2.05, 4.69) is 5.32 Å². The van der Waals surface area contributed by atoms with Gasteiger partial charge in [0, 0.05) is 31.1 Å². The topological polar surface area (TPSA) is 79.0 Å². The molecule has 1 aromatic carbocycles. The third-order valence-corrected chi connectivity index (χ3v) is 6.61. The number of likely N-dealkylation sites (tertiary alicyclic amines) is 1. The molecule has 2 atom stereocenters. The van der Waals surface area contributed by atoms with Gasteiger partial charge in [-0.1, -0.05) is 30.2 Å². The average molecular weight is 460 g/mol. The Labute approximate surface area is 193 Å². The number of fused-ring (bicyclic) bond motifs is 1. The van der Waals surface area contributed by atoms with Gasteiger partial charge in [-0.2, -0.15) is 0 Å². The van der Waals surface area contributed by atoms with Gasteiger partial charge in [-0.25, -0.2) is 0 Å². The van der Waals surface area contributed by atoms with Crippen molar-refractivity contribution in [1.82, 2.24) is 15.1 Å². The van der Waals surface area contributed by atoms with Gasteiger partial charge >= 0.3 is 0 Å². The fraction of sp³-hybridized carbons (Fsp3) is 0.542. The lowest BCUT2D eigenvalue weighted by Gasteiger charge is -2.44. The van der Waals surface area contributed by atoms with Crippen molar-refractivity contribution >= 4 is 35.4 Å². The highest BCUT2D eigenvalue weighted by atomic mass is 35.5. The second-order valence-electron chi connectivity index (χ2n) is 8.69. The molecule has 172 valence electrons. The SMILES string of the molecule is O=C(CN1C(=O)/C(=C\c2cccc(Cl)c2)OC2CCCCC21)NCCCN1CCCC1=O. The maximum atomic E-state index is 13.2. The van der Waals surface area contributed by atoms with Gasteiger partial charge in [-0.3, -0.25) is 14.4 Å². The van der Waals surface area contributed by atoms with Crippen LogP contribution in [0.1, 0.15) is 50.5 Å². The van der Waals surface area contributed by atoms with E-state index in [1.807, 2.05) is 17.0 Å². The third-order valence-electron chi connectivity index (χ3n) is 6.38. The van der Waals surface area contributed by atoms with E-state index in [0.717, 1.165) is 44.2 Å². The van der Waals surface area contributed by atoms with Gasteiger partial charge in [-0.05, 0) is 55.9 Å². The van der Waals surface area contributed by atoms with Crippen molar-refractivity contribution in [3.05, 3.63) is 40.6 Å². The number of hydrogen-bond acceptors (Lipinski definition) is 4. The molecule has 0 spiro atoms. The number of carbonyl (C=O) groups excluding carboxylic acids is 3. The molecular weight excluding hydrogens is 430 g/mol. The molecule has 4 rings (SSSR count). The number of benzene rings is 1. The Bertz CT molecular complexity index is 903. The number of carbonyl (C=O) groups is 3. The summed E-state index contributed by atoms with van der Waals surface area (Å²) >= 11 is 6.08. The summed E-state index contributed by atoms with van der Waals surface area (Å²) in [5, 5.41) is 3.50. The van der Waals surface area contributed by atoms with Crippen molar-refractivity contribution in [1.29, 1.82) is 0 Å². The molecule has 3 fully saturated rings. The molecule has 0 radical (unpaired) electrons. The van der Waals surface area contributed by atoms with Gasteiger partial charge in [0.1, 0.15) is 12.6 Å². The first-order valence-corrected chi connectivity index (χ1v) is 11.9. The Kier molecular flexibility index (Phi) is 7.35. The van der Waals surface area contributed by atoms with Gasteiger partial charge in [-0.15, -0.1) is 0 Å². The zero-order valence-corrected chi connectivity index (χ0v) is 19.0. The third kappa shape index (κ3) is 5.44. The molecule has 1 aliphatic carbocycles. The first-order valence-electron chi connectivity index (χ1n) is 11.5. The minimum absolute atomic E-state index is 0.0128. The number of amides is 3. The van der Waals surface area contributed by atoms with Crippen LogP contribution in [0.4, 0.5) is 0 Å². The smallest absolute Gasteiger partial charge is 0.289 e. The Balaban J connectivity index is 1.38. The number of halogens is 1. The predicted octanol–water partition coefficient (Wildman–Crippen LogP) is 2.98. The van der Waals surface area contributed by atoms with E-state index >= 15 is 0 Å². The monoisotopic (exact) mass is 459 g/mol. The number of ether oxygens (including phenoxy) is 1. The molecule has 3 aliphatic rings. The van der Waals surface area contributed by atoms with Crippen molar-refractivity contribution < 1.29 is 19.1 Å². The van der Waals surface area contributed by atoms with E-state index in [1.54, 1.807) is 23.1 Å². The second kappa shape index (κ2) is 10.4. The Hall–Kier alpha value is -2.54. The molecule has 2 aliphatic heterocycles. The summed E-state index contributed by atoms with van der Waals surface area (Å²) in [5.74, 6) is 0.0127. The first-order chi connectivity index (χ1) is 15.5. The number of nitrogens with one attached hydrogen (secondary N) is 1. The zero-order valence-electron chi connectivity index (χ0n) is 18.2. The highest BCUT2D eigenvalue weighted by Crippen LogP contribution is 2.33. The van der Waals surface area contributed by atoms with Gasteiger partial charge in [0.2, 0.25) is 11.8 Å². The average Bonchev–Trinajstić information content (AvgIpc) is 3.19. The van der Waals surface area contributed by atoms with Crippen LogP contribution < -0.4 is 5.32 Å². The van der Waals surface area contributed by atoms with Gasteiger partial charge in [0.15, 0.2) is 5.76 Å². The fourth-order valence-electron chi connectivity index (χ4n) is 4.76. The molecule has 2 unspecified atom stereocenters. The van der Waals surface area contributed by atoms with Crippen LogP contribution in [0.2, 0.25) is 5.02 Å². The predicted molar refractivity (Wildman–Crippen MR) is 122 cm³/mol. The molecule has 1 aromatic rings. The van der Waals surface area contributed by atoms with Crippen LogP contribution in [0.5, 0.6) is 0 Å². The fourth-order valence-corrected chi connectivity index (χ4v) is 4.96. The maximum Gasteiger partial charge on any atom is 0.289 e. The Morgan fingerprint density at radius 1 is 1.22 bits per heavy atom. The number of nitrogens with zero attached hydrogens (tertiary/aromatic N) is 2. The van der Waals surface area contributed by atoms with E-state index in [1.165, 1.54) is 0 Å². The van der Waals surface area contributed by atoms with Crippen molar-refractivity contribution in [2.45, 2.75) is 57.1 Å². The molecule has 0 aromatic heterocycles. The zero-order chi connectivity index (χ0) is 22.5. The van der Waals surface area contributed by atoms with Crippen LogP contribution >= 0.6 is 11.6 Å². The van der Waals surface area contributed by atoms with Crippen LogP contribution in [0.3, 0.4) is 0 Å². The molecule has 7 nitrogen and oxygen atoms in total. The summed E-state index contributed by atoms with van der Waals surface area (Å²) in [7, 11) is 0. The molecule has 32 heavy (non-hydrogen) atoms. The molecule has 2 saturated heterocycles. The van der Waals surface area contributed by atoms with Crippen LogP contribution in [0, 0.1) is 0 Å². The maximum absolute atomic E-state index is 13.2. The molecule has 3 amide bonds. The van der Waals surface area contributed by atoms with Gasteiger partial charge in [0.05, 0.1) is 6.04 Å². The molecule has 1 N–H and O–H groups in total. The lowest BCUT2D eigenvalue weighted by Crippen LogP contribution is -2.57. The normalized spacial score (nSPS) is 24.5. The lowest BCUT2D eigenvalue weighted by atomic mass is 9.89. The van der Waals surface area contributed by atoms with Crippen LogP contribution in [0.25, 0.3) is 6.08 Å². The minimum atomic E-state index is -0.258. The van der Waals surface area contributed by atoms with Gasteiger partial charge in [0.25, 0.3) is 5.91 Å². The van der Waals surface area contributed by atoms with E-state index in [9.17, 15) is 14.4 Å². The highest BCUT2D eigenvalue weighted by molar-refractivity contribution is 6.30. The second-order valence-corrected chi connectivity index (χ2v) is 9.13. The first kappa shape index (κ1) is 22.6. The number of rotatable bonds is 7. The largest absolute Gasteiger partial charge is 0.482 e. The highest BCUT2D eigenvalue weighted by Gasteiger charge is 2.42. The van der Waals surface area contributed by atoms with Crippen LogP contribution in [-0.2, 0) is 19.1 Å². The molecular formula is C24H30ClN3O4. The van der Waals surface area contributed by atoms with Gasteiger partial charge < -0.3 is 19.9 Å². The summed E-state index contributed by atoms with van der Waals surface area (Å²) in [4.78, 5) is 41.1. The van der Waals surface area contributed by atoms with Crippen molar-refractivity contribution in [2.24, 2.45) is 0 Å². The van der Waals surface area contributed by atoms with Crippen molar-refractivity contribution in [3.63, 3.8) is 0 Å². The standard InChI is InChI=1S/C24H30ClN3O4/c25-18-7-3-6-17(14-18)15-21-24(31)28(19-8-1-2-9-20(19)32-21)16-22(29)26-11-5-13-27-12-4-10-23(27)30/h3,6-7,14-15,19-20H,1-2,4-5,8-13,16H2,(H,26,29)/b21-15+. The summed E-state index contributed by atoms with van der Waals surface area (Å²) < 4.78 is 6.08. The Morgan fingerprint density at radius 3 is 2.84 bits per heavy atom. The molecule has 2 heterocycles. The molecule has 0 bridgehead atoms. The summed E-state index contributed by atoms with van der Waals surface area (Å²) in [6.07, 6.45) is 7.63. The summed E-state index contributed by atoms with van der Waals surface area (Å²) in [6.45, 7) is 1.96. The van der Waals surface area contributed by atoms with Crippen molar-refractivity contribution in [2.75, 3.05) is 26.2 Å². The minimum Gasteiger partial charge on any atom is -0.482 e. The number of morpholine rings is 1. The Morgan fingerprint density at radius 2 is 2.06 bits per heavy atom. The van der Waals surface area contributed by atoms with Crippen molar-refractivity contribution in [3.8, 4) is 0 Å². The quantitative estimate of drug-likeness (QED) is 0.502. The lowest BCUT2D eigenvalue weighted by molar-refractivity contribution is -0.151. The van der Waals surface area contributed by atoms with E-state index in [4.69, 9.17) is 16.3 Å². The molecule has 8 heteroatoms.